The minimum atomic E-state index is -3.93. The summed E-state index contributed by atoms with van der Waals surface area (Å²) in [5, 5.41) is 2.42. The Labute approximate surface area is 180 Å². The molecule has 0 spiro atoms. The second-order valence-corrected chi connectivity index (χ2v) is 9.09. The van der Waals surface area contributed by atoms with Gasteiger partial charge in [0.25, 0.3) is 0 Å². The Morgan fingerprint density at radius 2 is 1.70 bits per heavy atom. The number of amides is 1. The Bertz CT molecular complexity index is 1140. The van der Waals surface area contributed by atoms with Crippen LogP contribution in [0, 0.1) is 12.7 Å². The molecule has 8 heteroatoms. The molecule has 0 atom stereocenters. The molecule has 0 radical (unpaired) electrons. The van der Waals surface area contributed by atoms with Gasteiger partial charge < -0.3 is 5.32 Å². The molecule has 3 aromatic carbocycles. The number of aryl methyl sites for hydroxylation is 1. The first-order valence-electron chi connectivity index (χ1n) is 9.11. The summed E-state index contributed by atoms with van der Waals surface area (Å²) < 4.78 is 40.8. The highest BCUT2D eigenvalue weighted by Crippen LogP contribution is 2.21. The molecule has 0 saturated heterocycles. The van der Waals surface area contributed by atoms with Crippen LogP contribution in [0.4, 0.5) is 10.1 Å². The van der Waals surface area contributed by atoms with E-state index in [1.54, 1.807) is 18.2 Å². The number of nitrogens with zero attached hydrogens (tertiary/aromatic N) is 1. The zero-order chi connectivity index (χ0) is 21.7. The van der Waals surface area contributed by atoms with Crippen LogP contribution in [0.3, 0.4) is 0 Å². The zero-order valence-corrected chi connectivity index (χ0v) is 17.8. The predicted molar refractivity (Wildman–Crippen MR) is 115 cm³/mol. The van der Waals surface area contributed by atoms with Gasteiger partial charge in [-0.05, 0) is 42.8 Å². The van der Waals surface area contributed by atoms with Crippen LogP contribution in [0.15, 0.2) is 77.7 Å². The van der Waals surface area contributed by atoms with E-state index in [4.69, 9.17) is 11.6 Å². The zero-order valence-electron chi connectivity index (χ0n) is 16.2. The summed E-state index contributed by atoms with van der Waals surface area (Å²) >= 11 is 5.74. The fourth-order valence-electron chi connectivity index (χ4n) is 2.80. The summed E-state index contributed by atoms with van der Waals surface area (Å²) in [6.07, 6.45) is 0. The van der Waals surface area contributed by atoms with Crippen molar-refractivity contribution in [1.29, 1.82) is 0 Å². The van der Waals surface area contributed by atoms with Crippen molar-refractivity contribution in [3.8, 4) is 0 Å². The first-order chi connectivity index (χ1) is 14.3. The normalized spacial score (nSPS) is 11.5. The van der Waals surface area contributed by atoms with Crippen molar-refractivity contribution in [3.63, 3.8) is 0 Å². The highest BCUT2D eigenvalue weighted by Gasteiger charge is 2.27. The van der Waals surface area contributed by atoms with Crippen molar-refractivity contribution < 1.29 is 17.6 Å². The highest BCUT2D eigenvalue weighted by molar-refractivity contribution is 7.89. The van der Waals surface area contributed by atoms with Gasteiger partial charge in [0.05, 0.1) is 16.5 Å². The average molecular weight is 447 g/mol. The smallest absolute Gasteiger partial charge is 0.243 e. The number of nitrogens with one attached hydrogen (secondary N) is 1. The van der Waals surface area contributed by atoms with Crippen LogP contribution in [0.25, 0.3) is 0 Å². The van der Waals surface area contributed by atoms with Crippen molar-refractivity contribution in [2.75, 3.05) is 11.9 Å². The molecular weight excluding hydrogens is 427 g/mol. The number of carbonyl (C=O) groups is 1. The SMILES string of the molecule is Cc1ccc(CN(CC(=O)Nc2ccc(F)c(Cl)c2)S(=O)(=O)c2ccccc2)cc1. The van der Waals surface area contributed by atoms with Crippen molar-refractivity contribution >= 4 is 33.2 Å². The molecule has 0 heterocycles. The molecule has 1 N–H and O–H groups in total. The Morgan fingerprint density at radius 3 is 2.33 bits per heavy atom. The summed E-state index contributed by atoms with van der Waals surface area (Å²) in [5.74, 6) is -1.17. The Balaban J connectivity index is 1.85. The second-order valence-electron chi connectivity index (χ2n) is 6.75. The van der Waals surface area contributed by atoms with E-state index in [2.05, 4.69) is 5.32 Å². The van der Waals surface area contributed by atoms with Crippen molar-refractivity contribution in [2.24, 2.45) is 0 Å². The van der Waals surface area contributed by atoms with E-state index in [0.29, 0.717) is 0 Å². The lowest BCUT2D eigenvalue weighted by Gasteiger charge is -2.22. The summed E-state index contributed by atoms with van der Waals surface area (Å²) in [6, 6.07) is 19.1. The molecular formula is C22H20ClFN2O3S. The molecule has 0 aliphatic heterocycles. The minimum absolute atomic E-state index is 0.0229. The van der Waals surface area contributed by atoms with Gasteiger partial charge >= 0.3 is 0 Å². The highest BCUT2D eigenvalue weighted by atomic mass is 35.5. The summed E-state index contributed by atoms with van der Waals surface area (Å²) in [4.78, 5) is 12.7. The van der Waals surface area contributed by atoms with Gasteiger partial charge in [-0.2, -0.15) is 4.31 Å². The molecule has 0 saturated carbocycles. The number of hydrogen-bond acceptors (Lipinski definition) is 3. The summed E-state index contributed by atoms with van der Waals surface area (Å²) in [6.45, 7) is 1.54. The maximum absolute atomic E-state index is 13.3. The van der Waals surface area contributed by atoms with Crippen LogP contribution >= 0.6 is 11.6 Å². The number of hydrogen-bond donors (Lipinski definition) is 1. The molecule has 3 aromatic rings. The van der Waals surface area contributed by atoms with Crippen LogP contribution in [-0.4, -0.2) is 25.2 Å². The van der Waals surface area contributed by atoms with Gasteiger partial charge in [-0.3, -0.25) is 4.79 Å². The first-order valence-corrected chi connectivity index (χ1v) is 10.9. The molecule has 3 rings (SSSR count). The molecule has 156 valence electrons. The second kappa shape index (κ2) is 9.38. The third kappa shape index (κ3) is 5.44. The van der Waals surface area contributed by atoms with E-state index in [0.717, 1.165) is 21.5 Å². The predicted octanol–water partition coefficient (Wildman–Crippen LogP) is 4.62. The quantitative estimate of drug-likeness (QED) is 0.576. The van der Waals surface area contributed by atoms with Gasteiger partial charge in [0.1, 0.15) is 5.82 Å². The van der Waals surface area contributed by atoms with E-state index in [9.17, 15) is 17.6 Å². The lowest BCUT2D eigenvalue weighted by molar-refractivity contribution is -0.116. The Kier molecular flexibility index (Phi) is 6.87. The van der Waals surface area contributed by atoms with E-state index in [-0.39, 0.29) is 22.2 Å². The van der Waals surface area contributed by atoms with Gasteiger partial charge in [-0.1, -0.05) is 59.6 Å². The van der Waals surface area contributed by atoms with Crippen LogP contribution in [-0.2, 0) is 21.4 Å². The number of anilines is 1. The standard InChI is InChI=1S/C22H20ClFN2O3S/c1-16-7-9-17(10-8-16)14-26(30(28,29)19-5-3-2-4-6-19)15-22(27)25-18-11-12-21(24)20(23)13-18/h2-13H,14-15H2,1H3,(H,25,27). The van der Waals surface area contributed by atoms with Crippen molar-refractivity contribution in [3.05, 3.63) is 94.8 Å². The maximum Gasteiger partial charge on any atom is 0.243 e. The number of benzene rings is 3. The molecule has 0 fully saturated rings. The third-order valence-electron chi connectivity index (χ3n) is 4.38. The maximum atomic E-state index is 13.3. The Hall–Kier alpha value is -2.74. The van der Waals surface area contributed by atoms with Gasteiger partial charge in [0.15, 0.2) is 0 Å². The van der Waals surface area contributed by atoms with Gasteiger partial charge in [0.2, 0.25) is 15.9 Å². The van der Waals surface area contributed by atoms with E-state index in [1.165, 1.54) is 24.3 Å². The number of halogens is 2. The van der Waals surface area contributed by atoms with Crippen molar-refractivity contribution in [2.45, 2.75) is 18.4 Å². The van der Waals surface area contributed by atoms with Crippen LogP contribution in [0.2, 0.25) is 5.02 Å². The van der Waals surface area contributed by atoms with Gasteiger partial charge in [0, 0.05) is 12.2 Å². The monoisotopic (exact) mass is 446 g/mol. The molecule has 0 bridgehead atoms. The minimum Gasteiger partial charge on any atom is -0.325 e. The molecule has 1 amide bonds. The van der Waals surface area contributed by atoms with E-state index >= 15 is 0 Å². The van der Waals surface area contributed by atoms with Crippen LogP contribution < -0.4 is 5.32 Å². The number of sulfonamides is 1. The van der Waals surface area contributed by atoms with Gasteiger partial charge in [-0.25, -0.2) is 12.8 Å². The first kappa shape index (κ1) is 22.0. The number of rotatable bonds is 7. The summed E-state index contributed by atoms with van der Waals surface area (Å²) in [7, 11) is -3.93. The van der Waals surface area contributed by atoms with Crippen LogP contribution in [0.1, 0.15) is 11.1 Å². The van der Waals surface area contributed by atoms with Crippen molar-refractivity contribution in [1.82, 2.24) is 4.31 Å². The largest absolute Gasteiger partial charge is 0.325 e. The van der Waals surface area contributed by atoms with Crippen LogP contribution in [0.5, 0.6) is 0 Å². The topological polar surface area (TPSA) is 66.5 Å². The summed E-state index contributed by atoms with van der Waals surface area (Å²) in [5.41, 5.74) is 2.07. The third-order valence-corrected chi connectivity index (χ3v) is 6.48. The lowest BCUT2D eigenvalue weighted by atomic mass is 10.1. The molecule has 0 aliphatic carbocycles. The molecule has 0 unspecified atom stereocenters. The van der Waals surface area contributed by atoms with E-state index in [1.807, 2.05) is 31.2 Å². The molecule has 0 aliphatic rings. The molecule has 30 heavy (non-hydrogen) atoms. The lowest BCUT2D eigenvalue weighted by Crippen LogP contribution is -2.37. The fourth-order valence-corrected chi connectivity index (χ4v) is 4.39. The van der Waals surface area contributed by atoms with Gasteiger partial charge in [-0.15, -0.1) is 0 Å². The average Bonchev–Trinajstić information content (AvgIpc) is 2.72. The number of carbonyl (C=O) groups excluding carboxylic acids is 1. The fraction of sp³-hybridized carbons (Fsp3) is 0.136. The molecule has 0 aromatic heterocycles. The van der Waals surface area contributed by atoms with E-state index < -0.39 is 28.3 Å². The molecule has 5 nitrogen and oxygen atoms in total. The Morgan fingerprint density at radius 1 is 1.03 bits per heavy atom.